The van der Waals surface area contributed by atoms with Crippen molar-refractivity contribution in [2.24, 2.45) is 0 Å². The number of fused-ring (bicyclic) bond motifs is 4. The van der Waals surface area contributed by atoms with Crippen LogP contribution in [0.25, 0.3) is 22.3 Å². The van der Waals surface area contributed by atoms with Crippen molar-refractivity contribution in [3.63, 3.8) is 0 Å². The molecule has 0 amide bonds. The smallest absolute Gasteiger partial charge is 0.290 e. The molecular weight excluding hydrogens is 472 g/mol. The minimum atomic E-state index is -0.341. The average Bonchev–Trinajstić information content (AvgIpc) is 3.26. The molecule has 0 saturated carbocycles. The number of benzene rings is 1. The van der Waals surface area contributed by atoms with Crippen molar-refractivity contribution in [2.45, 2.75) is 58.6 Å². The molecule has 0 bridgehead atoms. The first kappa shape index (κ1) is 26.3. The zero-order valence-corrected chi connectivity index (χ0v) is 21.5. The van der Waals surface area contributed by atoms with E-state index in [0.29, 0.717) is 25.1 Å². The fourth-order valence-electron chi connectivity index (χ4n) is 5.44. The molecule has 8 heteroatoms. The Morgan fingerprint density at radius 2 is 1.97 bits per heavy atom. The number of ether oxygens (including phenoxy) is 2. The second-order valence-electron chi connectivity index (χ2n) is 9.50. The maximum absolute atomic E-state index is 13.6. The molecule has 0 radical (unpaired) electrons. The number of carboxylic acid groups (broad SMARTS) is 1. The third-order valence-corrected chi connectivity index (χ3v) is 7.05. The summed E-state index contributed by atoms with van der Waals surface area (Å²) < 4.78 is 13.2. The van der Waals surface area contributed by atoms with E-state index in [9.17, 15) is 9.59 Å². The van der Waals surface area contributed by atoms with Gasteiger partial charge in [0.05, 0.1) is 30.1 Å². The number of carbonyl (C=O) groups excluding carboxylic acids is 1. The van der Waals surface area contributed by atoms with Crippen molar-refractivity contribution < 1.29 is 24.2 Å². The lowest BCUT2D eigenvalue weighted by atomic mass is 9.86. The topological polar surface area (TPSA) is 108 Å². The van der Waals surface area contributed by atoms with Crippen LogP contribution in [0, 0.1) is 0 Å². The quantitative estimate of drug-likeness (QED) is 0.280. The van der Waals surface area contributed by atoms with Crippen molar-refractivity contribution >= 4 is 23.7 Å². The molecule has 37 heavy (non-hydrogen) atoms. The third-order valence-electron chi connectivity index (χ3n) is 7.05. The first-order valence-electron chi connectivity index (χ1n) is 12.4. The first-order valence-corrected chi connectivity index (χ1v) is 12.4. The number of aromatic nitrogens is 2. The van der Waals surface area contributed by atoms with Crippen molar-refractivity contribution in [1.82, 2.24) is 9.55 Å². The van der Waals surface area contributed by atoms with E-state index in [4.69, 9.17) is 24.4 Å². The summed E-state index contributed by atoms with van der Waals surface area (Å²) in [5.41, 5.74) is 8.36. The molecule has 1 aliphatic carbocycles. The highest BCUT2D eigenvalue weighted by molar-refractivity contribution is 5.93. The second-order valence-corrected chi connectivity index (χ2v) is 9.50. The molecule has 1 unspecified atom stereocenters. The molecule has 3 heterocycles. The molecule has 0 fully saturated rings. The van der Waals surface area contributed by atoms with Crippen LogP contribution in [0.15, 0.2) is 35.1 Å². The number of aldehydes is 1. The summed E-state index contributed by atoms with van der Waals surface area (Å²) >= 11 is 0. The molecule has 1 aliphatic heterocycles. The van der Waals surface area contributed by atoms with Gasteiger partial charge in [0.25, 0.3) is 12.0 Å². The molecule has 2 aromatic heterocycles. The fraction of sp³-hybridized carbons (Fsp3) is 0.379. The van der Waals surface area contributed by atoms with E-state index in [-0.39, 0.29) is 24.6 Å². The van der Waals surface area contributed by atoms with Crippen LogP contribution in [0.1, 0.15) is 60.4 Å². The predicted molar refractivity (Wildman–Crippen MR) is 141 cm³/mol. The largest absolute Gasteiger partial charge is 0.489 e. The van der Waals surface area contributed by atoms with Crippen LogP contribution in [-0.2, 0) is 40.3 Å². The first-order chi connectivity index (χ1) is 17.9. The Kier molecular flexibility index (Phi) is 7.88. The predicted octanol–water partition coefficient (Wildman–Crippen LogP) is 4.41. The van der Waals surface area contributed by atoms with Crippen LogP contribution >= 0.6 is 0 Å². The van der Waals surface area contributed by atoms with Crippen molar-refractivity contribution in [1.29, 1.82) is 0 Å². The van der Waals surface area contributed by atoms with E-state index in [0.717, 1.165) is 64.9 Å². The van der Waals surface area contributed by atoms with Crippen LogP contribution in [0.2, 0.25) is 0 Å². The minimum absolute atomic E-state index is 0.0922. The van der Waals surface area contributed by atoms with Gasteiger partial charge in [0, 0.05) is 35.1 Å². The van der Waals surface area contributed by atoms with E-state index in [1.807, 2.05) is 32.0 Å². The zero-order chi connectivity index (χ0) is 26.7. The molecule has 1 N–H and O–H groups in total. The molecule has 0 spiro atoms. The van der Waals surface area contributed by atoms with Crippen LogP contribution < -0.4 is 10.3 Å². The molecule has 8 nitrogen and oxygen atoms in total. The Hall–Kier alpha value is -3.78. The third kappa shape index (κ3) is 4.69. The summed E-state index contributed by atoms with van der Waals surface area (Å²) in [6.07, 6.45) is 4.48. The maximum Gasteiger partial charge on any atom is 0.290 e. The molecular formula is C29H32N2O6. The Balaban J connectivity index is 0.00000102. The molecule has 3 aromatic rings. The fourth-order valence-corrected chi connectivity index (χ4v) is 5.44. The van der Waals surface area contributed by atoms with Crippen LogP contribution in [-0.4, -0.2) is 41.1 Å². The number of hydrogen-bond donors (Lipinski definition) is 1. The Morgan fingerprint density at radius 1 is 1.24 bits per heavy atom. The standard InChI is InChI=1S/C28H30N2O4.CH2O2/c1-5-17(13-31)20-11-24-27-21(12-30(24)28(32)22(20)15-33-4)18-7-6-8-19-25(34-14-16(2)3)10-9-23(29-27)26(18)19;2-1-3/h9-11,13,17H,2,5-8,12,14-15H2,1,3-4H3;1H,(H,2,3). The van der Waals surface area contributed by atoms with E-state index in [1.54, 1.807) is 11.7 Å². The number of carbonyl (C=O) groups is 2. The van der Waals surface area contributed by atoms with Gasteiger partial charge in [-0.3, -0.25) is 9.59 Å². The number of hydrogen-bond acceptors (Lipinski definition) is 6. The zero-order valence-electron chi connectivity index (χ0n) is 21.5. The van der Waals surface area contributed by atoms with E-state index >= 15 is 0 Å². The summed E-state index contributed by atoms with van der Waals surface area (Å²) in [5, 5.41) is 8.06. The van der Waals surface area contributed by atoms with Crippen molar-refractivity contribution in [2.75, 3.05) is 13.7 Å². The maximum atomic E-state index is 13.6. The molecule has 5 rings (SSSR count). The highest BCUT2D eigenvalue weighted by Gasteiger charge is 2.31. The molecule has 2 aliphatic rings. The van der Waals surface area contributed by atoms with E-state index in [2.05, 4.69) is 6.58 Å². The highest BCUT2D eigenvalue weighted by Crippen LogP contribution is 2.42. The van der Waals surface area contributed by atoms with Gasteiger partial charge in [-0.25, -0.2) is 4.98 Å². The van der Waals surface area contributed by atoms with Gasteiger partial charge >= 0.3 is 0 Å². The van der Waals surface area contributed by atoms with Crippen LogP contribution in [0.5, 0.6) is 5.75 Å². The van der Waals surface area contributed by atoms with Gasteiger partial charge < -0.3 is 23.9 Å². The number of methoxy groups -OCH3 is 1. The summed E-state index contributed by atoms with van der Waals surface area (Å²) in [5.74, 6) is 0.554. The Bertz CT molecular complexity index is 1440. The van der Waals surface area contributed by atoms with Gasteiger partial charge in [0.15, 0.2) is 0 Å². The normalized spacial score (nSPS) is 13.7. The minimum Gasteiger partial charge on any atom is -0.489 e. The molecule has 194 valence electrons. The van der Waals surface area contributed by atoms with Gasteiger partial charge in [-0.1, -0.05) is 13.5 Å². The van der Waals surface area contributed by atoms with Gasteiger partial charge in [0.2, 0.25) is 0 Å². The Labute approximate surface area is 215 Å². The van der Waals surface area contributed by atoms with Gasteiger partial charge in [-0.05, 0) is 67.5 Å². The second kappa shape index (κ2) is 11.1. The monoisotopic (exact) mass is 504 g/mol. The van der Waals surface area contributed by atoms with Gasteiger partial charge in [0.1, 0.15) is 18.6 Å². The number of rotatable bonds is 8. The molecule has 1 atom stereocenters. The van der Waals surface area contributed by atoms with Crippen LogP contribution in [0.4, 0.5) is 0 Å². The lowest BCUT2D eigenvalue weighted by molar-refractivity contribution is -0.122. The van der Waals surface area contributed by atoms with Crippen molar-refractivity contribution in [3.05, 3.63) is 68.5 Å². The number of nitrogens with zero attached hydrogens (tertiary/aromatic N) is 2. The van der Waals surface area contributed by atoms with E-state index in [1.165, 1.54) is 16.5 Å². The number of aryl methyl sites for hydroxylation is 2. The van der Waals surface area contributed by atoms with Crippen molar-refractivity contribution in [3.8, 4) is 17.1 Å². The Morgan fingerprint density at radius 3 is 2.62 bits per heavy atom. The highest BCUT2D eigenvalue weighted by atomic mass is 16.5. The SMILES string of the molecule is C=C(C)COc1ccc2nc3c(c4c2c1CCC4)Cn1c-3cc(C(C=O)CC)c(COC)c1=O.O=CO. The summed E-state index contributed by atoms with van der Waals surface area (Å²) in [6.45, 7) is 8.79. The number of pyridine rings is 2. The summed E-state index contributed by atoms with van der Waals surface area (Å²) in [6, 6.07) is 6.01. The van der Waals surface area contributed by atoms with Crippen LogP contribution in [0.3, 0.4) is 0 Å². The van der Waals surface area contributed by atoms with E-state index < -0.39 is 0 Å². The molecule has 0 saturated heterocycles. The summed E-state index contributed by atoms with van der Waals surface area (Å²) in [4.78, 5) is 38.8. The molecule has 1 aromatic carbocycles. The summed E-state index contributed by atoms with van der Waals surface area (Å²) in [7, 11) is 1.57. The van der Waals surface area contributed by atoms with Gasteiger partial charge in [-0.15, -0.1) is 0 Å². The lowest BCUT2D eigenvalue weighted by Crippen LogP contribution is -2.26. The average molecular weight is 505 g/mol. The lowest BCUT2D eigenvalue weighted by Gasteiger charge is -2.22. The van der Waals surface area contributed by atoms with Gasteiger partial charge in [-0.2, -0.15) is 0 Å².